The van der Waals surface area contributed by atoms with Crippen molar-refractivity contribution in [3.05, 3.63) is 120 Å². The van der Waals surface area contributed by atoms with Gasteiger partial charge in [0.25, 0.3) is 0 Å². The van der Waals surface area contributed by atoms with Crippen LogP contribution in [0.15, 0.2) is 103 Å². The first kappa shape index (κ1) is 33.8. The maximum atomic E-state index is 14.5. The molecule has 1 fully saturated rings. The van der Waals surface area contributed by atoms with Crippen LogP contribution in [-0.4, -0.2) is 86.0 Å². The first-order valence-electron chi connectivity index (χ1n) is 16.6. The van der Waals surface area contributed by atoms with Crippen LogP contribution in [0.4, 0.5) is 0 Å². The monoisotopic (exact) mass is 634 g/mol. The average molecular weight is 635 g/mol. The lowest BCUT2D eigenvalue weighted by Gasteiger charge is -2.34. The van der Waals surface area contributed by atoms with Gasteiger partial charge >= 0.3 is 0 Å². The van der Waals surface area contributed by atoms with Crippen molar-refractivity contribution in [1.29, 1.82) is 0 Å². The summed E-state index contributed by atoms with van der Waals surface area (Å²) in [6.45, 7) is 1.74. The Hall–Kier alpha value is -4.53. The smallest absolute Gasteiger partial charge is 0.249 e. The summed E-state index contributed by atoms with van der Waals surface area (Å²) in [7, 11) is 3.32. The fourth-order valence-electron chi connectivity index (χ4n) is 6.17. The van der Waals surface area contributed by atoms with Gasteiger partial charge in [-0.3, -0.25) is 14.4 Å². The largest absolute Gasteiger partial charge is 0.370 e. The maximum Gasteiger partial charge on any atom is 0.249 e. The van der Waals surface area contributed by atoms with Gasteiger partial charge in [0.15, 0.2) is 0 Å². The number of amides is 3. The molecule has 8 nitrogen and oxygen atoms in total. The van der Waals surface area contributed by atoms with E-state index in [9.17, 15) is 14.4 Å². The zero-order valence-electron chi connectivity index (χ0n) is 27.4. The van der Waals surface area contributed by atoms with Crippen molar-refractivity contribution in [2.24, 2.45) is 0 Å². The number of rotatable bonds is 15. The minimum absolute atomic E-state index is 0.118. The number of hydrogen-bond donors (Lipinski definition) is 2. The average Bonchev–Trinajstić information content (AvgIpc) is 3.63. The molecular formula is C39H46N4O4. The molecule has 2 N–H and O–H groups in total. The van der Waals surface area contributed by atoms with Gasteiger partial charge in [0.1, 0.15) is 18.7 Å². The molecule has 0 spiro atoms. The molecule has 4 aromatic rings. The van der Waals surface area contributed by atoms with Crippen molar-refractivity contribution >= 4 is 28.5 Å². The van der Waals surface area contributed by atoms with Crippen molar-refractivity contribution in [1.82, 2.24) is 20.4 Å². The van der Waals surface area contributed by atoms with Crippen LogP contribution in [0.1, 0.15) is 29.5 Å². The Labute approximate surface area is 278 Å². The molecule has 8 heteroatoms. The van der Waals surface area contributed by atoms with Crippen LogP contribution in [0.2, 0.25) is 0 Å². The molecule has 3 atom stereocenters. The van der Waals surface area contributed by atoms with Gasteiger partial charge in [0.05, 0.1) is 6.61 Å². The number of ether oxygens (including phenoxy) is 1. The summed E-state index contributed by atoms with van der Waals surface area (Å²) in [5.74, 6) is -0.806. The van der Waals surface area contributed by atoms with Gasteiger partial charge < -0.3 is 25.2 Å². The first-order chi connectivity index (χ1) is 22.9. The Morgan fingerprint density at radius 1 is 0.787 bits per heavy atom. The highest BCUT2D eigenvalue weighted by atomic mass is 16.5. The van der Waals surface area contributed by atoms with Gasteiger partial charge in [-0.25, -0.2) is 0 Å². The molecule has 4 aromatic carbocycles. The second-order valence-corrected chi connectivity index (χ2v) is 12.4. The standard InChI is InChI=1S/C39H46N4O4/c1-42(37(44)28-47-27-34-18-11-22-40-34)36(26-31-19-20-32-16-9-10-17-33(32)24-31)39(46)43(2)35(25-30-14-7-4-8-15-30)38(45)41-23-21-29-12-5-3-6-13-29/h3-10,12-17,19-20,24,34-36,40H,11,18,21-23,25-28H2,1-2H3,(H,41,45)/t34-,35+,36+/m0/s1. The molecule has 1 heterocycles. The van der Waals surface area contributed by atoms with E-state index in [1.807, 2.05) is 97.1 Å². The topological polar surface area (TPSA) is 91.0 Å². The van der Waals surface area contributed by atoms with E-state index >= 15 is 0 Å². The van der Waals surface area contributed by atoms with Gasteiger partial charge in [-0.2, -0.15) is 0 Å². The highest BCUT2D eigenvalue weighted by Crippen LogP contribution is 2.20. The Morgan fingerprint density at radius 2 is 1.45 bits per heavy atom. The predicted molar refractivity (Wildman–Crippen MR) is 186 cm³/mol. The van der Waals surface area contributed by atoms with Crippen LogP contribution in [0, 0.1) is 0 Å². The van der Waals surface area contributed by atoms with Crippen LogP contribution in [0.25, 0.3) is 10.8 Å². The number of benzene rings is 4. The summed E-state index contributed by atoms with van der Waals surface area (Å²) < 4.78 is 5.80. The SMILES string of the molecule is CN(C(=O)COC[C@@H]1CCCN1)[C@H](Cc1ccc2ccccc2c1)C(=O)N(C)[C@H](Cc1ccccc1)C(=O)NCCc1ccccc1. The Kier molecular flexibility index (Phi) is 12.1. The van der Waals surface area contributed by atoms with Crippen LogP contribution in [0.5, 0.6) is 0 Å². The quantitative estimate of drug-likeness (QED) is 0.202. The number of likely N-dealkylation sites (N-methyl/N-ethyl adjacent to an activating group) is 2. The van der Waals surface area contributed by atoms with E-state index in [1.54, 1.807) is 14.1 Å². The van der Waals surface area contributed by atoms with Gasteiger partial charge in [-0.1, -0.05) is 103 Å². The summed E-state index contributed by atoms with van der Waals surface area (Å²) >= 11 is 0. The molecule has 0 unspecified atom stereocenters. The molecule has 1 aliphatic heterocycles. The number of nitrogens with one attached hydrogen (secondary N) is 2. The molecule has 3 amide bonds. The Bertz CT molecular complexity index is 1610. The third-order valence-electron chi connectivity index (χ3n) is 9.04. The van der Waals surface area contributed by atoms with Crippen molar-refractivity contribution in [2.45, 2.75) is 50.2 Å². The summed E-state index contributed by atoms with van der Waals surface area (Å²) in [5, 5.41) is 8.61. The fourth-order valence-corrected chi connectivity index (χ4v) is 6.17. The van der Waals surface area contributed by atoms with E-state index in [1.165, 1.54) is 9.80 Å². The van der Waals surface area contributed by atoms with Crippen molar-refractivity contribution in [3.8, 4) is 0 Å². The number of carbonyl (C=O) groups is 3. The zero-order chi connectivity index (χ0) is 33.0. The van der Waals surface area contributed by atoms with E-state index < -0.39 is 12.1 Å². The maximum absolute atomic E-state index is 14.5. The molecule has 5 rings (SSSR count). The Balaban J connectivity index is 1.35. The number of fused-ring (bicyclic) bond motifs is 1. The lowest BCUT2D eigenvalue weighted by atomic mass is 9.98. The van der Waals surface area contributed by atoms with E-state index in [-0.39, 0.29) is 30.4 Å². The molecule has 0 saturated carbocycles. The predicted octanol–water partition coefficient (Wildman–Crippen LogP) is 4.41. The second-order valence-electron chi connectivity index (χ2n) is 12.4. The van der Waals surface area contributed by atoms with Crippen LogP contribution >= 0.6 is 0 Å². The molecule has 0 bridgehead atoms. The Morgan fingerprint density at radius 3 is 2.15 bits per heavy atom. The molecule has 1 aliphatic rings. The molecule has 0 aromatic heterocycles. The molecule has 1 saturated heterocycles. The van der Waals surface area contributed by atoms with Crippen LogP contribution < -0.4 is 10.6 Å². The molecule has 47 heavy (non-hydrogen) atoms. The van der Waals surface area contributed by atoms with E-state index in [2.05, 4.69) is 16.7 Å². The highest BCUT2D eigenvalue weighted by Gasteiger charge is 2.35. The summed E-state index contributed by atoms with van der Waals surface area (Å²) in [5.41, 5.74) is 3.00. The summed E-state index contributed by atoms with van der Waals surface area (Å²) in [4.78, 5) is 44.7. The molecule has 0 aliphatic carbocycles. The summed E-state index contributed by atoms with van der Waals surface area (Å²) in [6, 6.07) is 32.5. The van der Waals surface area contributed by atoms with E-state index in [0.29, 0.717) is 32.4 Å². The lowest BCUT2D eigenvalue weighted by Crippen LogP contribution is -2.56. The zero-order valence-corrected chi connectivity index (χ0v) is 27.4. The van der Waals surface area contributed by atoms with Crippen molar-refractivity contribution in [2.75, 3.05) is 40.4 Å². The highest BCUT2D eigenvalue weighted by molar-refractivity contribution is 5.92. The minimum atomic E-state index is -0.836. The van der Waals surface area contributed by atoms with Gasteiger partial charge in [-0.15, -0.1) is 0 Å². The first-order valence-corrected chi connectivity index (χ1v) is 16.6. The second kappa shape index (κ2) is 16.9. The number of carbonyl (C=O) groups excluding carboxylic acids is 3. The lowest BCUT2D eigenvalue weighted by molar-refractivity contribution is -0.149. The normalized spacial score (nSPS) is 15.6. The third kappa shape index (κ3) is 9.50. The van der Waals surface area contributed by atoms with E-state index in [4.69, 9.17) is 4.74 Å². The molecular weight excluding hydrogens is 588 g/mol. The van der Waals surface area contributed by atoms with Crippen LogP contribution in [-0.2, 0) is 38.4 Å². The van der Waals surface area contributed by atoms with Gasteiger partial charge in [-0.05, 0) is 53.3 Å². The van der Waals surface area contributed by atoms with Crippen molar-refractivity contribution < 1.29 is 19.1 Å². The molecule has 246 valence electrons. The third-order valence-corrected chi connectivity index (χ3v) is 9.04. The number of nitrogens with zero attached hydrogens (tertiary/aromatic N) is 2. The van der Waals surface area contributed by atoms with Gasteiger partial charge in [0, 0.05) is 39.5 Å². The van der Waals surface area contributed by atoms with Crippen molar-refractivity contribution in [3.63, 3.8) is 0 Å². The summed E-state index contributed by atoms with van der Waals surface area (Å²) in [6.07, 6.45) is 3.45. The minimum Gasteiger partial charge on any atom is -0.370 e. The fraction of sp³-hybridized carbons (Fsp3) is 0.359. The van der Waals surface area contributed by atoms with E-state index in [0.717, 1.165) is 46.8 Å². The molecule has 0 radical (unpaired) electrons. The van der Waals surface area contributed by atoms with Gasteiger partial charge in [0.2, 0.25) is 17.7 Å². The number of hydrogen-bond acceptors (Lipinski definition) is 5. The van der Waals surface area contributed by atoms with Crippen LogP contribution in [0.3, 0.4) is 0 Å².